The number of carbonyl (C=O) groups is 2. The van der Waals surface area contributed by atoms with Crippen molar-refractivity contribution in [2.24, 2.45) is 5.92 Å². The average Bonchev–Trinajstić information content (AvgIpc) is 2.77. The Morgan fingerprint density at radius 3 is 2.57 bits per heavy atom. The maximum Gasteiger partial charge on any atom is 0.321 e. The number of carbonyl (C=O) groups excluding carboxylic acids is 2. The predicted octanol–water partition coefficient (Wildman–Crippen LogP) is 3.11. The van der Waals surface area contributed by atoms with Crippen LogP contribution in [0.5, 0.6) is 0 Å². The van der Waals surface area contributed by atoms with Crippen molar-refractivity contribution in [3.63, 3.8) is 0 Å². The summed E-state index contributed by atoms with van der Waals surface area (Å²) in [5.74, 6) is 0.636. The van der Waals surface area contributed by atoms with E-state index >= 15 is 0 Å². The lowest BCUT2D eigenvalue weighted by molar-refractivity contribution is -0.108. The monoisotopic (exact) mass is 314 g/mol. The van der Waals surface area contributed by atoms with Gasteiger partial charge in [-0.25, -0.2) is 4.79 Å². The van der Waals surface area contributed by atoms with Crippen molar-refractivity contribution in [2.45, 2.75) is 44.6 Å². The first-order valence-electron chi connectivity index (χ1n) is 8.72. The molecule has 0 aromatic heterocycles. The van der Waals surface area contributed by atoms with E-state index in [0.717, 1.165) is 25.7 Å². The maximum absolute atomic E-state index is 12.8. The zero-order valence-corrected chi connectivity index (χ0v) is 13.9. The first-order valence-corrected chi connectivity index (χ1v) is 8.72. The van der Waals surface area contributed by atoms with Gasteiger partial charge in [-0.2, -0.15) is 0 Å². The van der Waals surface area contributed by atoms with E-state index < -0.39 is 0 Å². The molecular weight excluding hydrogens is 288 g/mol. The predicted molar refractivity (Wildman–Crippen MR) is 90.2 cm³/mol. The molecule has 1 heterocycles. The fraction of sp³-hybridized carbons (Fsp3) is 0.579. The zero-order valence-electron chi connectivity index (χ0n) is 13.9. The molecular formula is C19H26N2O2. The van der Waals surface area contributed by atoms with Crippen molar-refractivity contribution in [3.8, 4) is 0 Å². The van der Waals surface area contributed by atoms with Gasteiger partial charge in [0.15, 0.2) is 0 Å². The van der Waals surface area contributed by atoms with Crippen LogP contribution in [0.3, 0.4) is 0 Å². The smallest absolute Gasteiger partial charge is 0.317 e. The maximum atomic E-state index is 12.8. The molecule has 2 fully saturated rings. The van der Waals surface area contributed by atoms with Crippen LogP contribution in [0.4, 0.5) is 4.79 Å². The number of rotatable bonds is 7. The molecule has 124 valence electrons. The highest BCUT2D eigenvalue weighted by Gasteiger charge is 2.48. The Labute approximate surface area is 138 Å². The molecule has 1 aliphatic carbocycles. The highest BCUT2D eigenvalue weighted by atomic mass is 16.2. The first kappa shape index (κ1) is 16.0. The van der Waals surface area contributed by atoms with Gasteiger partial charge < -0.3 is 14.6 Å². The summed E-state index contributed by atoms with van der Waals surface area (Å²) in [6.45, 7) is 3.86. The van der Waals surface area contributed by atoms with Crippen LogP contribution in [0.1, 0.15) is 38.2 Å². The van der Waals surface area contributed by atoms with E-state index in [0.29, 0.717) is 12.5 Å². The Kier molecular flexibility index (Phi) is 4.69. The summed E-state index contributed by atoms with van der Waals surface area (Å²) in [6.07, 6.45) is 6.34. The van der Waals surface area contributed by atoms with Crippen molar-refractivity contribution >= 4 is 12.3 Å². The lowest BCUT2D eigenvalue weighted by atomic mass is 9.82. The van der Waals surface area contributed by atoms with E-state index in [-0.39, 0.29) is 18.1 Å². The normalized spacial score (nSPS) is 24.8. The number of nitrogens with zero attached hydrogens (tertiary/aromatic N) is 2. The topological polar surface area (TPSA) is 40.6 Å². The Bertz CT molecular complexity index is 556. The van der Waals surface area contributed by atoms with Crippen molar-refractivity contribution in [1.82, 2.24) is 9.80 Å². The van der Waals surface area contributed by atoms with Crippen LogP contribution in [0, 0.1) is 5.92 Å². The first-order chi connectivity index (χ1) is 11.2. The second kappa shape index (κ2) is 6.73. The molecule has 1 saturated carbocycles. The van der Waals surface area contributed by atoms with Gasteiger partial charge in [0.2, 0.25) is 0 Å². The molecule has 0 bridgehead atoms. The Morgan fingerprint density at radius 2 is 2.00 bits per heavy atom. The number of amides is 2. The molecule has 0 spiro atoms. The highest BCUT2D eigenvalue weighted by Crippen LogP contribution is 2.37. The standard InChI is InChI=1S/C19H26N2O2/c1-2-19(13-16-7-4-3-5-8-16)15-20(11-12-22)18(23)21(19)14-17-9-6-10-17/h3-5,7-8,12,17H,2,6,9-11,13-15H2,1H3/t19-/m1/s1. The summed E-state index contributed by atoms with van der Waals surface area (Å²) in [7, 11) is 0. The van der Waals surface area contributed by atoms with E-state index in [1.807, 2.05) is 6.07 Å². The molecule has 4 heteroatoms. The second-order valence-corrected chi connectivity index (χ2v) is 6.98. The molecule has 1 atom stereocenters. The third-order valence-electron chi connectivity index (χ3n) is 5.55. The third kappa shape index (κ3) is 3.12. The van der Waals surface area contributed by atoms with E-state index in [2.05, 4.69) is 36.1 Å². The number of hydrogen-bond acceptors (Lipinski definition) is 2. The van der Waals surface area contributed by atoms with Gasteiger partial charge in [-0.1, -0.05) is 43.7 Å². The zero-order chi connectivity index (χ0) is 16.3. The molecule has 2 amide bonds. The van der Waals surface area contributed by atoms with Crippen LogP contribution in [-0.4, -0.2) is 47.3 Å². The Morgan fingerprint density at radius 1 is 1.26 bits per heavy atom. The molecule has 2 aliphatic rings. The van der Waals surface area contributed by atoms with E-state index in [4.69, 9.17) is 0 Å². The van der Waals surface area contributed by atoms with Crippen molar-refractivity contribution in [2.75, 3.05) is 19.6 Å². The molecule has 4 nitrogen and oxygen atoms in total. The van der Waals surface area contributed by atoms with Gasteiger partial charge in [-0.15, -0.1) is 0 Å². The summed E-state index contributed by atoms with van der Waals surface area (Å²) in [5, 5.41) is 0. The summed E-state index contributed by atoms with van der Waals surface area (Å²) in [4.78, 5) is 27.6. The lowest BCUT2D eigenvalue weighted by Crippen LogP contribution is -2.51. The second-order valence-electron chi connectivity index (χ2n) is 6.98. The fourth-order valence-electron chi connectivity index (χ4n) is 3.87. The van der Waals surface area contributed by atoms with Gasteiger partial charge in [0.1, 0.15) is 6.29 Å². The average molecular weight is 314 g/mol. The molecule has 1 aromatic carbocycles. The van der Waals surface area contributed by atoms with Gasteiger partial charge in [-0.3, -0.25) is 0 Å². The van der Waals surface area contributed by atoms with Crippen molar-refractivity contribution in [1.29, 1.82) is 0 Å². The minimum absolute atomic E-state index is 0.0433. The van der Waals surface area contributed by atoms with Crippen LogP contribution in [0.25, 0.3) is 0 Å². The molecule has 3 rings (SSSR count). The molecule has 0 N–H and O–H groups in total. The third-order valence-corrected chi connectivity index (χ3v) is 5.55. The lowest BCUT2D eigenvalue weighted by Gasteiger charge is -2.40. The van der Waals surface area contributed by atoms with E-state index in [1.165, 1.54) is 24.8 Å². The molecule has 1 saturated heterocycles. The Balaban J connectivity index is 1.86. The van der Waals surface area contributed by atoms with Crippen LogP contribution in [0.15, 0.2) is 30.3 Å². The number of aldehydes is 1. The number of benzene rings is 1. The number of urea groups is 1. The highest BCUT2D eigenvalue weighted by molar-refractivity contribution is 5.80. The molecule has 0 radical (unpaired) electrons. The van der Waals surface area contributed by atoms with Crippen LogP contribution in [0.2, 0.25) is 0 Å². The molecule has 0 unspecified atom stereocenters. The molecule has 1 aliphatic heterocycles. The summed E-state index contributed by atoms with van der Waals surface area (Å²) in [5.41, 5.74) is 1.07. The minimum Gasteiger partial charge on any atom is -0.317 e. The molecule has 1 aromatic rings. The summed E-state index contributed by atoms with van der Waals surface area (Å²) >= 11 is 0. The minimum atomic E-state index is -0.183. The van der Waals surface area contributed by atoms with Crippen LogP contribution in [-0.2, 0) is 11.2 Å². The van der Waals surface area contributed by atoms with Crippen molar-refractivity contribution < 1.29 is 9.59 Å². The van der Waals surface area contributed by atoms with Crippen molar-refractivity contribution in [3.05, 3.63) is 35.9 Å². The van der Waals surface area contributed by atoms with Gasteiger partial charge in [-0.05, 0) is 37.2 Å². The van der Waals surface area contributed by atoms with Gasteiger partial charge in [0, 0.05) is 13.1 Å². The summed E-state index contributed by atoms with van der Waals surface area (Å²) in [6, 6.07) is 10.4. The quantitative estimate of drug-likeness (QED) is 0.726. The Hall–Kier alpha value is -1.84. The number of hydrogen-bond donors (Lipinski definition) is 0. The van der Waals surface area contributed by atoms with Gasteiger partial charge in [0.05, 0.1) is 12.1 Å². The molecule has 23 heavy (non-hydrogen) atoms. The van der Waals surface area contributed by atoms with Gasteiger partial charge >= 0.3 is 6.03 Å². The SMILES string of the molecule is CC[C@@]1(Cc2ccccc2)CN(CC=O)C(=O)N1CC1CCC1. The van der Waals surface area contributed by atoms with E-state index in [1.54, 1.807) is 4.90 Å². The summed E-state index contributed by atoms with van der Waals surface area (Å²) < 4.78 is 0. The van der Waals surface area contributed by atoms with Crippen LogP contribution >= 0.6 is 0 Å². The van der Waals surface area contributed by atoms with Crippen LogP contribution < -0.4 is 0 Å². The fourth-order valence-corrected chi connectivity index (χ4v) is 3.87. The largest absolute Gasteiger partial charge is 0.321 e. The van der Waals surface area contributed by atoms with Gasteiger partial charge in [0.25, 0.3) is 0 Å². The van der Waals surface area contributed by atoms with E-state index in [9.17, 15) is 9.59 Å².